The highest BCUT2D eigenvalue weighted by atomic mass is 16.6. The van der Waals surface area contributed by atoms with Crippen LogP contribution in [0.3, 0.4) is 0 Å². The molecule has 3 unspecified atom stereocenters. The van der Waals surface area contributed by atoms with Crippen molar-refractivity contribution in [3.05, 3.63) is 94.0 Å². The van der Waals surface area contributed by atoms with Crippen molar-refractivity contribution in [3.8, 4) is 0 Å². The average Bonchev–Trinajstić information content (AvgIpc) is 3.30. The predicted molar refractivity (Wildman–Crippen MR) is 145 cm³/mol. The number of aryl methyl sites for hydroxylation is 1. The first kappa shape index (κ1) is 26.2. The molecule has 7 heteroatoms. The van der Waals surface area contributed by atoms with Crippen molar-refractivity contribution in [1.29, 1.82) is 0 Å². The lowest BCUT2D eigenvalue weighted by molar-refractivity contribution is -0.133. The summed E-state index contributed by atoms with van der Waals surface area (Å²) < 4.78 is 5.34. The molecule has 1 aliphatic rings. The molecular weight excluding hydrogens is 466 g/mol. The smallest absolute Gasteiger partial charge is 0.417 e. The van der Waals surface area contributed by atoms with Crippen molar-refractivity contribution in [1.82, 2.24) is 4.90 Å². The molecule has 3 aromatic rings. The highest BCUT2D eigenvalue weighted by Gasteiger charge is 2.43. The van der Waals surface area contributed by atoms with Crippen LogP contribution in [0.25, 0.3) is 0 Å². The number of nitrogens with one attached hydrogen (secondary N) is 1. The molecule has 3 aromatic carbocycles. The van der Waals surface area contributed by atoms with Crippen LogP contribution in [0, 0.1) is 19.8 Å². The molecule has 7 nitrogen and oxygen atoms in total. The van der Waals surface area contributed by atoms with Crippen molar-refractivity contribution >= 4 is 23.4 Å². The van der Waals surface area contributed by atoms with E-state index in [9.17, 15) is 14.7 Å². The maximum absolute atomic E-state index is 14.0. The molecule has 0 spiro atoms. The molecule has 1 saturated heterocycles. The Morgan fingerprint density at radius 1 is 1.16 bits per heavy atom. The minimum absolute atomic E-state index is 0.107. The molecule has 194 valence electrons. The van der Waals surface area contributed by atoms with Gasteiger partial charge in [-0.05, 0) is 60.2 Å². The molecule has 1 aliphatic heterocycles. The number of nitrogens with two attached hydrogens (primary N) is 1. The number of nitrogen functional groups attached to an aromatic ring is 1. The zero-order valence-corrected chi connectivity index (χ0v) is 21.8. The molecular formula is C30H35N3O4. The van der Waals surface area contributed by atoms with Gasteiger partial charge in [0.15, 0.2) is 0 Å². The average molecular weight is 502 g/mol. The van der Waals surface area contributed by atoms with Gasteiger partial charge in [0.1, 0.15) is 12.6 Å². The number of carbonyl (C=O) groups is 2. The number of anilines is 2. The van der Waals surface area contributed by atoms with Gasteiger partial charge in [0.25, 0.3) is 0 Å². The number of rotatable bonds is 8. The number of ether oxygens (including phenoxy) is 1. The van der Waals surface area contributed by atoms with E-state index in [4.69, 9.17) is 10.5 Å². The van der Waals surface area contributed by atoms with Crippen molar-refractivity contribution in [2.24, 2.45) is 5.92 Å². The van der Waals surface area contributed by atoms with E-state index in [0.717, 1.165) is 45.6 Å². The number of cyclic esters (lactones) is 1. The van der Waals surface area contributed by atoms with Gasteiger partial charge in [-0.1, -0.05) is 61.5 Å². The van der Waals surface area contributed by atoms with Gasteiger partial charge in [-0.25, -0.2) is 9.69 Å². The third kappa shape index (κ3) is 5.04. The van der Waals surface area contributed by atoms with E-state index in [1.165, 1.54) is 4.90 Å². The SMILES string of the molecule is CCNc1ccc(C(c2ccc(C)c(CO)c2)C(C)C(=O)N2C(=O)OCC2c2ccccc2)c(C)c1N. The summed E-state index contributed by atoms with van der Waals surface area (Å²) >= 11 is 0. The lowest BCUT2D eigenvalue weighted by Crippen LogP contribution is -2.40. The summed E-state index contributed by atoms with van der Waals surface area (Å²) in [5, 5.41) is 13.2. The molecule has 4 N–H and O–H groups in total. The molecule has 0 bridgehead atoms. The molecule has 0 radical (unpaired) electrons. The first-order chi connectivity index (χ1) is 17.8. The monoisotopic (exact) mass is 501 g/mol. The van der Waals surface area contributed by atoms with Crippen LogP contribution in [0.4, 0.5) is 16.2 Å². The number of hydrogen-bond acceptors (Lipinski definition) is 6. The van der Waals surface area contributed by atoms with Gasteiger partial charge in [0.05, 0.1) is 18.0 Å². The molecule has 0 aromatic heterocycles. The van der Waals surface area contributed by atoms with E-state index in [-0.39, 0.29) is 19.1 Å². The van der Waals surface area contributed by atoms with Gasteiger partial charge >= 0.3 is 6.09 Å². The summed E-state index contributed by atoms with van der Waals surface area (Å²) in [4.78, 5) is 28.1. The molecule has 1 heterocycles. The van der Waals surface area contributed by atoms with Gasteiger partial charge < -0.3 is 20.9 Å². The Balaban J connectivity index is 1.81. The maximum atomic E-state index is 14.0. The van der Waals surface area contributed by atoms with E-state index < -0.39 is 24.0 Å². The number of hydrogen-bond donors (Lipinski definition) is 3. The first-order valence-electron chi connectivity index (χ1n) is 12.7. The molecule has 0 saturated carbocycles. The zero-order valence-electron chi connectivity index (χ0n) is 21.8. The van der Waals surface area contributed by atoms with E-state index >= 15 is 0 Å². The summed E-state index contributed by atoms with van der Waals surface area (Å²) in [6.45, 7) is 8.49. The number of aliphatic hydroxyl groups excluding tert-OH is 1. The fourth-order valence-electron chi connectivity index (χ4n) is 5.17. The van der Waals surface area contributed by atoms with Gasteiger partial charge in [-0.2, -0.15) is 0 Å². The van der Waals surface area contributed by atoms with Gasteiger partial charge in [-0.15, -0.1) is 0 Å². The van der Waals surface area contributed by atoms with Crippen molar-refractivity contribution in [2.45, 2.75) is 46.3 Å². The van der Waals surface area contributed by atoms with Crippen molar-refractivity contribution in [2.75, 3.05) is 24.2 Å². The third-order valence-electron chi connectivity index (χ3n) is 7.35. The van der Waals surface area contributed by atoms with Crippen LogP contribution >= 0.6 is 0 Å². The largest absolute Gasteiger partial charge is 0.446 e. The van der Waals surface area contributed by atoms with Gasteiger partial charge in [0.2, 0.25) is 5.91 Å². The molecule has 0 aliphatic carbocycles. The molecule has 2 amide bonds. The molecule has 1 fully saturated rings. The number of aliphatic hydroxyl groups is 1. The van der Waals surface area contributed by atoms with Crippen LogP contribution in [0.2, 0.25) is 0 Å². The quantitative estimate of drug-likeness (QED) is 0.362. The number of imide groups is 1. The summed E-state index contributed by atoms with van der Waals surface area (Å²) in [5.74, 6) is -1.34. The summed E-state index contributed by atoms with van der Waals surface area (Å²) in [6, 6.07) is 18.8. The van der Waals surface area contributed by atoms with Crippen LogP contribution in [-0.4, -0.2) is 35.2 Å². The zero-order chi connectivity index (χ0) is 26.7. The standard InChI is InChI=1S/C30H35N3O4/c1-5-32-25-14-13-24(19(3)28(25)31)27(22-12-11-18(2)23(15-22)16-34)20(4)29(35)33-26(17-37-30(33)36)21-9-7-6-8-10-21/h6-15,20,26-27,32,34H,5,16-17,31H2,1-4H3. The Labute approximate surface area is 218 Å². The van der Waals surface area contributed by atoms with Gasteiger partial charge in [0, 0.05) is 18.4 Å². The van der Waals surface area contributed by atoms with Crippen LogP contribution < -0.4 is 11.1 Å². The third-order valence-corrected chi connectivity index (χ3v) is 7.35. The lowest BCUT2D eigenvalue weighted by Gasteiger charge is -2.31. The Bertz CT molecular complexity index is 1290. The van der Waals surface area contributed by atoms with E-state index in [0.29, 0.717) is 5.69 Å². The Morgan fingerprint density at radius 3 is 2.57 bits per heavy atom. The number of carbonyl (C=O) groups excluding carboxylic acids is 2. The summed E-state index contributed by atoms with van der Waals surface area (Å²) in [7, 11) is 0. The summed E-state index contributed by atoms with van der Waals surface area (Å²) in [6.07, 6.45) is -0.636. The predicted octanol–water partition coefficient (Wildman–Crippen LogP) is 5.30. The normalized spacial score (nSPS) is 16.8. The molecule has 3 atom stereocenters. The molecule has 4 rings (SSSR count). The van der Waals surface area contributed by atoms with Crippen molar-refractivity contribution < 1.29 is 19.4 Å². The number of amides is 2. The fourth-order valence-corrected chi connectivity index (χ4v) is 5.17. The van der Waals surface area contributed by atoms with Crippen LogP contribution in [0.1, 0.15) is 59.2 Å². The van der Waals surface area contributed by atoms with Crippen molar-refractivity contribution in [3.63, 3.8) is 0 Å². The van der Waals surface area contributed by atoms with E-state index in [2.05, 4.69) is 5.32 Å². The second-order valence-corrected chi connectivity index (χ2v) is 9.59. The number of nitrogens with zero attached hydrogens (tertiary/aromatic N) is 1. The highest BCUT2D eigenvalue weighted by Crippen LogP contribution is 2.41. The topological polar surface area (TPSA) is 105 Å². The second-order valence-electron chi connectivity index (χ2n) is 9.59. The fraction of sp³-hybridized carbons (Fsp3) is 0.333. The van der Waals surface area contributed by atoms with E-state index in [1.54, 1.807) is 0 Å². The minimum atomic E-state index is -0.636. The minimum Gasteiger partial charge on any atom is -0.446 e. The first-order valence-corrected chi connectivity index (χ1v) is 12.7. The van der Waals surface area contributed by atoms with Gasteiger partial charge in [-0.3, -0.25) is 4.79 Å². The van der Waals surface area contributed by atoms with Crippen LogP contribution in [0.15, 0.2) is 60.7 Å². The lowest BCUT2D eigenvalue weighted by atomic mass is 9.78. The molecule has 37 heavy (non-hydrogen) atoms. The second kappa shape index (κ2) is 11.0. The maximum Gasteiger partial charge on any atom is 0.417 e. The highest BCUT2D eigenvalue weighted by molar-refractivity contribution is 5.95. The summed E-state index contributed by atoms with van der Waals surface area (Å²) in [5.41, 5.74) is 13.2. The Hall–Kier alpha value is -3.84. The number of benzene rings is 3. The Kier molecular flexibility index (Phi) is 7.83. The van der Waals surface area contributed by atoms with Crippen LogP contribution in [0.5, 0.6) is 0 Å². The van der Waals surface area contributed by atoms with Crippen LogP contribution in [-0.2, 0) is 16.1 Å². The Morgan fingerprint density at radius 2 is 1.89 bits per heavy atom. The van der Waals surface area contributed by atoms with E-state index in [1.807, 2.05) is 88.4 Å².